The molecule has 0 spiro atoms. The standard InChI is InChI=1S/C19H15FN2O5S/c20-28(25,26)16-7-2-5-14(11-16)18(23)21-12-13-4-1-6-15(10-13)22-19(24)17-8-3-9-27-17/h1-11H,12H2,(H,21,23)(H,22,24). The third-order valence-corrected chi connectivity index (χ3v) is 4.58. The summed E-state index contributed by atoms with van der Waals surface area (Å²) in [5.74, 6) is -0.799. The van der Waals surface area contributed by atoms with Crippen LogP contribution in [-0.2, 0) is 16.8 Å². The van der Waals surface area contributed by atoms with Crippen LogP contribution < -0.4 is 10.6 Å². The van der Waals surface area contributed by atoms with Crippen molar-refractivity contribution < 1.29 is 26.3 Å². The first-order valence-electron chi connectivity index (χ1n) is 8.10. The second-order valence-corrected chi connectivity index (χ2v) is 7.13. The van der Waals surface area contributed by atoms with Gasteiger partial charge in [-0.1, -0.05) is 18.2 Å². The van der Waals surface area contributed by atoms with Crippen LogP contribution in [0.3, 0.4) is 0 Å². The molecule has 0 aliphatic carbocycles. The number of carbonyl (C=O) groups is 2. The molecule has 2 aromatic carbocycles. The van der Waals surface area contributed by atoms with Crippen molar-refractivity contribution in [3.8, 4) is 0 Å². The van der Waals surface area contributed by atoms with Gasteiger partial charge < -0.3 is 15.1 Å². The normalized spacial score (nSPS) is 11.0. The second-order valence-electron chi connectivity index (χ2n) is 5.78. The van der Waals surface area contributed by atoms with Gasteiger partial charge >= 0.3 is 10.2 Å². The molecule has 2 amide bonds. The van der Waals surface area contributed by atoms with Gasteiger partial charge in [0.25, 0.3) is 11.8 Å². The van der Waals surface area contributed by atoms with Crippen molar-refractivity contribution in [2.75, 3.05) is 5.32 Å². The Labute approximate surface area is 160 Å². The molecule has 1 aromatic heterocycles. The van der Waals surface area contributed by atoms with Crippen LogP contribution in [0.5, 0.6) is 0 Å². The maximum absolute atomic E-state index is 13.1. The molecule has 0 unspecified atom stereocenters. The Hall–Kier alpha value is -3.46. The SMILES string of the molecule is O=C(NCc1cccc(NC(=O)c2ccco2)c1)c1cccc(S(=O)(=O)F)c1. The zero-order chi connectivity index (χ0) is 20.1. The van der Waals surface area contributed by atoms with Crippen LogP contribution in [0.2, 0.25) is 0 Å². The van der Waals surface area contributed by atoms with Crippen LogP contribution in [0.1, 0.15) is 26.5 Å². The van der Waals surface area contributed by atoms with Crippen LogP contribution in [0.25, 0.3) is 0 Å². The van der Waals surface area contributed by atoms with Gasteiger partial charge in [0.15, 0.2) is 5.76 Å². The third kappa shape index (κ3) is 4.83. The Morgan fingerprint density at radius 3 is 2.46 bits per heavy atom. The fraction of sp³-hybridized carbons (Fsp3) is 0.0526. The van der Waals surface area contributed by atoms with Crippen molar-refractivity contribution >= 4 is 27.7 Å². The predicted octanol–water partition coefficient (Wildman–Crippen LogP) is 3.12. The van der Waals surface area contributed by atoms with Crippen LogP contribution in [0.15, 0.2) is 76.2 Å². The topological polar surface area (TPSA) is 105 Å². The predicted molar refractivity (Wildman–Crippen MR) is 99.0 cm³/mol. The lowest BCUT2D eigenvalue weighted by Crippen LogP contribution is -2.23. The summed E-state index contributed by atoms with van der Waals surface area (Å²) < 4.78 is 40.0. The first-order valence-corrected chi connectivity index (χ1v) is 9.48. The van der Waals surface area contributed by atoms with Crippen molar-refractivity contribution in [1.82, 2.24) is 5.32 Å². The molecule has 3 aromatic rings. The van der Waals surface area contributed by atoms with E-state index in [4.69, 9.17) is 4.42 Å². The van der Waals surface area contributed by atoms with Gasteiger partial charge in [-0.2, -0.15) is 8.42 Å². The van der Waals surface area contributed by atoms with Crippen LogP contribution in [0.4, 0.5) is 9.57 Å². The van der Waals surface area contributed by atoms with E-state index in [9.17, 15) is 21.9 Å². The third-order valence-electron chi connectivity index (χ3n) is 3.76. The van der Waals surface area contributed by atoms with Crippen LogP contribution >= 0.6 is 0 Å². The summed E-state index contributed by atoms with van der Waals surface area (Å²) in [6.45, 7) is 0.121. The van der Waals surface area contributed by atoms with E-state index in [0.29, 0.717) is 11.3 Å². The van der Waals surface area contributed by atoms with Crippen LogP contribution in [0, 0.1) is 0 Å². The van der Waals surface area contributed by atoms with Gasteiger partial charge in [0.05, 0.1) is 11.2 Å². The van der Waals surface area contributed by atoms with Gasteiger partial charge in [-0.05, 0) is 48.0 Å². The quantitative estimate of drug-likeness (QED) is 0.617. The number of benzene rings is 2. The first-order chi connectivity index (χ1) is 13.3. The van der Waals surface area contributed by atoms with E-state index >= 15 is 0 Å². The molecule has 0 radical (unpaired) electrons. The molecule has 0 bridgehead atoms. The molecular weight excluding hydrogens is 387 g/mol. The van der Waals surface area contributed by atoms with Gasteiger partial charge in [0.2, 0.25) is 0 Å². The fourth-order valence-corrected chi connectivity index (χ4v) is 2.94. The van der Waals surface area contributed by atoms with Gasteiger partial charge in [-0.3, -0.25) is 9.59 Å². The highest BCUT2D eigenvalue weighted by Gasteiger charge is 2.15. The van der Waals surface area contributed by atoms with E-state index in [1.807, 2.05) is 0 Å². The molecule has 9 heteroatoms. The number of halogens is 1. The molecule has 28 heavy (non-hydrogen) atoms. The summed E-state index contributed by atoms with van der Waals surface area (Å²) in [5.41, 5.74) is 1.22. The molecule has 2 N–H and O–H groups in total. The maximum Gasteiger partial charge on any atom is 0.332 e. The van der Waals surface area contributed by atoms with Gasteiger partial charge in [-0.15, -0.1) is 3.89 Å². The minimum atomic E-state index is -4.89. The number of nitrogens with one attached hydrogen (secondary N) is 2. The summed E-state index contributed by atoms with van der Waals surface area (Å²) in [4.78, 5) is 23.6. The average molecular weight is 402 g/mol. The van der Waals surface area contributed by atoms with E-state index in [-0.39, 0.29) is 17.9 Å². The zero-order valence-corrected chi connectivity index (χ0v) is 15.2. The van der Waals surface area contributed by atoms with Gasteiger partial charge in [0, 0.05) is 17.8 Å². The molecule has 144 valence electrons. The van der Waals surface area contributed by atoms with E-state index in [1.54, 1.807) is 30.3 Å². The number of anilines is 1. The molecule has 7 nitrogen and oxygen atoms in total. The number of hydrogen-bond acceptors (Lipinski definition) is 5. The number of furan rings is 1. The summed E-state index contributed by atoms with van der Waals surface area (Å²) in [6.07, 6.45) is 1.39. The lowest BCUT2D eigenvalue weighted by molar-refractivity contribution is 0.0949. The Kier molecular flexibility index (Phi) is 5.55. The minimum absolute atomic E-state index is 0.0148. The molecular formula is C19H15FN2O5S. The number of amides is 2. The van der Waals surface area contributed by atoms with E-state index in [2.05, 4.69) is 10.6 Å². The van der Waals surface area contributed by atoms with Crippen molar-refractivity contribution in [3.63, 3.8) is 0 Å². The monoisotopic (exact) mass is 402 g/mol. The van der Waals surface area contributed by atoms with Gasteiger partial charge in [-0.25, -0.2) is 0 Å². The number of rotatable bonds is 6. The van der Waals surface area contributed by atoms with E-state index < -0.39 is 26.9 Å². The molecule has 0 aliphatic heterocycles. The zero-order valence-electron chi connectivity index (χ0n) is 14.4. The maximum atomic E-state index is 13.1. The number of carbonyl (C=O) groups excluding carboxylic acids is 2. The second kappa shape index (κ2) is 8.05. The molecule has 0 saturated carbocycles. The molecule has 0 saturated heterocycles. The first kappa shape index (κ1) is 19.3. The summed E-state index contributed by atoms with van der Waals surface area (Å²) in [5, 5.41) is 5.29. The van der Waals surface area contributed by atoms with Crippen molar-refractivity contribution in [2.24, 2.45) is 0 Å². The highest BCUT2D eigenvalue weighted by molar-refractivity contribution is 7.86. The summed E-state index contributed by atoms with van der Waals surface area (Å²) in [6, 6.07) is 14.6. The van der Waals surface area contributed by atoms with Crippen molar-refractivity contribution in [3.05, 3.63) is 83.8 Å². The molecule has 0 atom stereocenters. The lowest BCUT2D eigenvalue weighted by atomic mass is 10.1. The Morgan fingerprint density at radius 1 is 0.964 bits per heavy atom. The van der Waals surface area contributed by atoms with Gasteiger partial charge in [0.1, 0.15) is 0 Å². The Bertz CT molecular complexity index is 1110. The molecule has 3 rings (SSSR count). The molecule has 0 aliphatic rings. The Morgan fingerprint density at radius 2 is 1.75 bits per heavy atom. The highest BCUT2D eigenvalue weighted by Crippen LogP contribution is 2.15. The highest BCUT2D eigenvalue weighted by atomic mass is 32.3. The summed E-state index contributed by atoms with van der Waals surface area (Å²) >= 11 is 0. The fourth-order valence-electron chi connectivity index (χ4n) is 2.43. The molecule has 0 fully saturated rings. The van der Waals surface area contributed by atoms with Crippen molar-refractivity contribution in [2.45, 2.75) is 11.4 Å². The summed E-state index contributed by atoms with van der Waals surface area (Å²) in [7, 11) is -4.89. The average Bonchev–Trinajstić information content (AvgIpc) is 3.21. The number of hydrogen-bond donors (Lipinski definition) is 2. The lowest BCUT2D eigenvalue weighted by Gasteiger charge is -2.08. The van der Waals surface area contributed by atoms with Crippen molar-refractivity contribution in [1.29, 1.82) is 0 Å². The molecule has 1 heterocycles. The van der Waals surface area contributed by atoms with E-state index in [1.165, 1.54) is 24.5 Å². The Balaban J connectivity index is 1.65. The minimum Gasteiger partial charge on any atom is -0.459 e. The largest absolute Gasteiger partial charge is 0.459 e. The smallest absolute Gasteiger partial charge is 0.332 e. The van der Waals surface area contributed by atoms with E-state index in [0.717, 1.165) is 12.1 Å². The van der Waals surface area contributed by atoms with Crippen LogP contribution in [-0.4, -0.2) is 20.2 Å².